The van der Waals surface area contributed by atoms with E-state index in [1.165, 1.54) is 23.1 Å². The molecule has 0 aliphatic rings. The Kier molecular flexibility index (Phi) is 9.13. The van der Waals surface area contributed by atoms with E-state index in [1.54, 1.807) is 31.2 Å². The minimum Gasteiger partial charge on any atom is -0.352 e. The van der Waals surface area contributed by atoms with E-state index >= 15 is 0 Å². The predicted octanol–water partition coefficient (Wildman–Crippen LogP) is 2.69. The van der Waals surface area contributed by atoms with Gasteiger partial charge in [0.25, 0.3) is 5.69 Å². The Morgan fingerprint density at radius 2 is 1.74 bits per heavy atom. The maximum absolute atomic E-state index is 13.4. The first-order valence-electron chi connectivity index (χ1n) is 10.8. The van der Waals surface area contributed by atoms with Gasteiger partial charge in [0.1, 0.15) is 12.6 Å². The van der Waals surface area contributed by atoms with Crippen molar-refractivity contribution in [3.05, 3.63) is 70.3 Å². The van der Waals surface area contributed by atoms with Gasteiger partial charge < -0.3 is 10.2 Å². The fourth-order valence-electron chi connectivity index (χ4n) is 3.20. The van der Waals surface area contributed by atoms with E-state index in [0.29, 0.717) is 6.42 Å². The summed E-state index contributed by atoms with van der Waals surface area (Å²) < 4.78 is 25.9. The van der Waals surface area contributed by atoms with Crippen molar-refractivity contribution in [3.63, 3.8) is 0 Å². The SMILES string of the molecule is CC[C@H](C)NC(=O)[C@H](C)N(Cc1ccccc1)C(=O)CN(c1cccc([N+](=O)[O-])c1)S(C)(=O)=O. The maximum atomic E-state index is 13.4. The van der Waals surface area contributed by atoms with Crippen molar-refractivity contribution in [2.45, 2.75) is 45.8 Å². The molecule has 0 heterocycles. The lowest BCUT2D eigenvalue weighted by Crippen LogP contribution is -2.52. The second-order valence-electron chi connectivity index (χ2n) is 8.05. The molecule has 0 saturated heterocycles. The van der Waals surface area contributed by atoms with Crippen molar-refractivity contribution in [2.24, 2.45) is 0 Å². The van der Waals surface area contributed by atoms with Gasteiger partial charge in [0.2, 0.25) is 21.8 Å². The number of sulfonamides is 1. The Morgan fingerprint density at radius 3 is 2.29 bits per heavy atom. The minimum atomic E-state index is -3.97. The summed E-state index contributed by atoms with van der Waals surface area (Å²) in [5, 5.41) is 14.0. The molecule has 2 aromatic carbocycles. The van der Waals surface area contributed by atoms with Crippen LogP contribution in [0.2, 0.25) is 0 Å². The highest BCUT2D eigenvalue weighted by atomic mass is 32.2. The average Bonchev–Trinajstić information content (AvgIpc) is 2.80. The highest BCUT2D eigenvalue weighted by molar-refractivity contribution is 7.92. The number of non-ortho nitro benzene ring substituents is 1. The van der Waals surface area contributed by atoms with E-state index in [-0.39, 0.29) is 29.9 Å². The molecule has 2 atom stereocenters. The molecule has 34 heavy (non-hydrogen) atoms. The molecule has 0 radical (unpaired) electrons. The van der Waals surface area contributed by atoms with Gasteiger partial charge in [-0.3, -0.25) is 24.0 Å². The molecule has 0 aliphatic heterocycles. The Hall–Kier alpha value is -3.47. The average molecular weight is 491 g/mol. The maximum Gasteiger partial charge on any atom is 0.271 e. The van der Waals surface area contributed by atoms with Gasteiger partial charge in [-0.2, -0.15) is 0 Å². The molecule has 10 nitrogen and oxygen atoms in total. The number of anilines is 1. The van der Waals surface area contributed by atoms with Gasteiger partial charge >= 0.3 is 0 Å². The topological polar surface area (TPSA) is 130 Å². The number of nitrogens with zero attached hydrogens (tertiary/aromatic N) is 3. The van der Waals surface area contributed by atoms with Crippen LogP contribution < -0.4 is 9.62 Å². The van der Waals surface area contributed by atoms with Crippen molar-refractivity contribution in [1.29, 1.82) is 0 Å². The molecule has 0 bridgehead atoms. The van der Waals surface area contributed by atoms with Crippen LogP contribution >= 0.6 is 0 Å². The molecule has 0 spiro atoms. The molecule has 0 unspecified atom stereocenters. The van der Waals surface area contributed by atoms with Gasteiger partial charge in [-0.1, -0.05) is 43.3 Å². The number of carbonyl (C=O) groups excluding carboxylic acids is 2. The van der Waals surface area contributed by atoms with Crippen LogP contribution in [0, 0.1) is 10.1 Å². The Bertz CT molecular complexity index is 1120. The van der Waals surface area contributed by atoms with Crippen LogP contribution in [-0.4, -0.2) is 54.9 Å². The number of nitrogens with one attached hydrogen (secondary N) is 1. The summed E-state index contributed by atoms with van der Waals surface area (Å²) in [6.07, 6.45) is 1.62. The molecule has 11 heteroatoms. The van der Waals surface area contributed by atoms with E-state index in [9.17, 15) is 28.1 Å². The van der Waals surface area contributed by atoms with Crippen LogP contribution in [0.3, 0.4) is 0 Å². The number of nitro groups is 1. The predicted molar refractivity (Wildman–Crippen MR) is 130 cm³/mol. The molecule has 1 N–H and O–H groups in total. The number of hydrogen-bond acceptors (Lipinski definition) is 6. The van der Waals surface area contributed by atoms with E-state index < -0.39 is 33.4 Å². The zero-order valence-corrected chi connectivity index (χ0v) is 20.5. The highest BCUT2D eigenvalue weighted by Gasteiger charge is 2.30. The number of nitro benzene ring substituents is 1. The lowest BCUT2D eigenvalue weighted by molar-refractivity contribution is -0.384. The second kappa shape index (κ2) is 11.6. The number of amides is 2. The number of carbonyl (C=O) groups is 2. The quantitative estimate of drug-likeness (QED) is 0.381. The fraction of sp³-hybridized carbons (Fsp3) is 0.391. The van der Waals surface area contributed by atoms with E-state index in [0.717, 1.165) is 22.2 Å². The van der Waals surface area contributed by atoms with Crippen molar-refractivity contribution in [2.75, 3.05) is 17.1 Å². The van der Waals surface area contributed by atoms with Crippen LogP contribution in [-0.2, 0) is 26.2 Å². The first kappa shape index (κ1) is 26.8. The smallest absolute Gasteiger partial charge is 0.271 e. The Morgan fingerprint density at radius 1 is 1.09 bits per heavy atom. The number of rotatable bonds is 11. The van der Waals surface area contributed by atoms with Crippen LogP contribution in [0.25, 0.3) is 0 Å². The second-order valence-corrected chi connectivity index (χ2v) is 9.95. The van der Waals surface area contributed by atoms with E-state index in [4.69, 9.17) is 0 Å². The van der Waals surface area contributed by atoms with Crippen LogP contribution in [0.4, 0.5) is 11.4 Å². The Balaban J connectivity index is 2.40. The van der Waals surface area contributed by atoms with Gasteiger partial charge in [0.15, 0.2) is 0 Å². The molecule has 2 rings (SSSR count). The first-order chi connectivity index (χ1) is 15.9. The standard InChI is InChI=1S/C23H30N4O6S/c1-5-17(2)24-23(29)18(3)25(15-19-10-7-6-8-11-19)22(28)16-26(34(4,32)33)20-12-9-13-21(14-20)27(30)31/h6-14,17-18H,5,15-16H2,1-4H3,(H,24,29)/t17-,18-/m0/s1. The summed E-state index contributed by atoms with van der Waals surface area (Å²) in [5.41, 5.74) is 0.447. The third kappa shape index (κ3) is 7.27. The summed E-state index contributed by atoms with van der Waals surface area (Å²) >= 11 is 0. The molecule has 0 aliphatic carbocycles. The molecule has 2 aromatic rings. The zero-order valence-electron chi connectivity index (χ0n) is 19.7. The molecule has 0 saturated carbocycles. The van der Waals surface area contributed by atoms with Crippen molar-refractivity contribution in [3.8, 4) is 0 Å². The third-order valence-electron chi connectivity index (χ3n) is 5.37. The minimum absolute atomic E-state index is 0.0126. The normalized spacial score (nSPS) is 12.9. The van der Waals surface area contributed by atoms with Gasteiger partial charge in [0, 0.05) is 24.7 Å². The number of benzene rings is 2. The van der Waals surface area contributed by atoms with Crippen LogP contribution in [0.15, 0.2) is 54.6 Å². The number of hydrogen-bond donors (Lipinski definition) is 1. The highest BCUT2D eigenvalue weighted by Crippen LogP contribution is 2.23. The molecule has 0 aromatic heterocycles. The lowest BCUT2D eigenvalue weighted by Gasteiger charge is -2.32. The summed E-state index contributed by atoms with van der Waals surface area (Å²) in [4.78, 5) is 38.0. The fourth-order valence-corrected chi connectivity index (χ4v) is 4.05. The molecular weight excluding hydrogens is 460 g/mol. The van der Waals surface area contributed by atoms with Gasteiger partial charge in [-0.05, 0) is 31.9 Å². The molecule has 0 fully saturated rings. The van der Waals surface area contributed by atoms with E-state index in [2.05, 4.69) is 5.32 Å². The van der Waals surface area contributed by atoms with Gasteiger partial charge in [-0.15, -0.1) is 0 Å². The van der Waals surface area contributed by atoms with Crippen molar-refractivity contribution in [1.82, 2.24) is 10.2 Å². The van der Waals surface area contributed by atoms with Gasteiger partial charge in [-0.25, -0.2) is 8.42 Å². The summed E-state index contributed by atoms with van der Waals surface area (Å²) in [6.45, 7) is 4.82. The third-order valence-corrected chi connectivity index (χ3v) is 6.51. The first-order valence-corrected chi connectivity index (χ1v) is 12.6. The van der Waals surface area contributed by atoms with E-state index in [1.807, 2.05) is 19.9 Å². The molecular formula is C23H30N4O6S. The zero-order chi connectivity index (χ0) is 25.5. The monoisotopic (exact) mass is 490 g/mol. The summed E-state index contributed by atoms with van der Waals surface area (Å²) in [5.74, 6) is -0.979. The lowest BCUT2D eigenvalue weighted by atomic mass is 10.1. The van der Waals surface area contributed by atoms with Gasteiger partial charge in [0.05, 0.1) is 16.9 Å². The summed E-state index contributed by atoms with van der Waals surface area (Å²) in [6, 6.07) is 13.1. The molecule has 184 valence electrons. The molecule has 2 amide bonds. The van der Waals surface area contributed by atoms with Crippen LogP contribution in [0.5, 0.6) is 0 Å². The van der Waals surface area contributed by atoms with Crippen LogP contribution in [0.1, 0.15) is 32.8 Å². The largest absolute Gasteiger partial charge is 0.352 e. The van der Waals surface area contributed by atoms with Crippen molar-refractivity contribution < 1.29 is 22.9 Å². The van der Waals surface area contributed by atoms with Crippen molar-refractivity contribution >= 4 is 33.2 Å². The Labute approximate surface area is 199 Å². The summed E-state index contributed by atoms with van der Waals surface area (Å²) in [7, 11) is -3.97.